The molecular weight excluding hydrogens is 318 g/mol. The molecule has 23 heavy (non-hydrogen) atoms. The lowest BCUT2D eigenvalue weighted by atomic mass is 10.1. The maximum atomic E-state index is 12.6. The zero-order chi connectivity index (χ0) is 16.4. The van der Waals surface area contributed by atoms with E-state index >= 15 is 0 Å². The first-order valence-corrected chi connectivity index (χ1v) is 7.99. The van der Waals surface area contributed by atoms with E-state index in [4.69, 9.17) is 0 Å². The van der Waals surface area contributed by atoms with E-state index in [1.807, 2.05) is 13.2 Å². The van der Waals surface area contributed by atoms with Gasteiger partial charge in [-0.15, -0.1) is 0 Å². The second-order valence-corrected chi connectivity index (χ2v) is 6.45. The Morgan fingerprint density at radius 2 is 2.22 bits per heavy atom. The van der Waals surface area contributed by atoms with Crippen LogP contribution in [-0.4, -0.2) is 37.4 Å². The van der Waals surface area contributed by atoms with Gasteiger partial charge in [-0.1, -0.05) is 11.8 Å². The molecular formula is C14H15N5O3S. The SMILES string of the molecule is Cn1cc(N2CCC[C@H](Sc3ccc([N+](=O)[O-])cn3)C2=O)cn1. The second kappa shape index (κ2) is 6.37. The van der Waals surface area contributed by atoms with Gasteiger partial charge in [-0.2, -0.15) is 5.10 Å². The number of anilines is 1. The molecule has 1 aliphatic rings. The summed E-state index contributed by atoms with van der Waals surface area (Å²) in [6.07, 6.45) is 6.36. The molecule has 2 aromatic rings. The van der Waals surface area contributed by atoms with Crippen LogP contribution >= 0.6 is 11.8 Å². The highest BCUT2D eigenvalue weighted by Crippen LogP contribution is 2.31. The van der Waals surface area contributed by atoms with Gasteiger partial charge in [-0.25, -0.2) is 4.98 Å². The number of aryl methyl sites for hydroxylation is 1. The zero-order valence-electron chi connectivity index (χ0n) is 12.5. The van der Waals surface area contributed by atoms with E-state index in [9.17, 15) is 14.9 Å². The molecule has 0 radical (unpaired) electrons. The summed E-state index contributed by atoms with van der Waals surface area (Å²) in [4.78, 5) is 28.6. The van der Waals surface area contributed by atoms with Crippen molar-refractivity contribution in [1.29, 1.82) is 0 Å². The Labute approximate surface area is 136 Å². The minimum absolute atomic E-state index is 0.0226. The number of carbonyl (C=O) groups excluding carboxylic acids is 1. The maximum Gasteiger partial charge on any atom is 0.287 e. The van der Waals surface area contributed by atoms with Crippen LogP contribution in [0.1, 0.15) is 12.8 Å². The average Bonchev–Trinajstić information content (AvgIpc) is 2.96. The van der Waals surface area contributed by atoms with Crippen molar-refractivity contribution in [1.82, 2.24) is 14.8 Å². The van der Waals surface area contributed by atoms with E-state index in [2.05, 4.69) is 10.1 Å². The van der Waals surface area contributed by atoms with Crippen molar-refractivity contribution in [3.8, 4) is 0 Å². The van der Waals surface area contributed by atoms with Crippen LogP contribution in [-0.2, 0) is 11.8 Å². The van der Waals surface area contributed by atoms with Gasteiger partial charge in [0.1, 0.15) is 6.20 Å². The number of hydrogen-bond donors (Lipinski definition) is 0. The zero-order valence-corrected chi connectivity index (χ0v) is 13.3. The molecule has 9 heteroatoms. The number of piperidine rings is 1. The first-order chi connectivity index (χ1) is 11.0. The van der Waals surface area contributed by atoms with Crippen LogP contribution in [0.4, 0.5) is 11.4 Å². The highest BCUT2D eigenvalue weighted by atomic mass is 32.2. The Bertz CT molecular complexity index is 730. The van der Waals surface area contributed by atoms with Gasteiger partial charge in [0.2, 0.25) is 5.91 Å². The van der Waals surface area contributed by atoms with Gasteiger partial charge in [0.05, 0.1) is 27.1 Å². The Balaban J connectivity index is 1.72. The molecule has 1 atom stereocenters. The molecule has 1 saturated heterocycles. The molecule has 0 unspecified atom stereocenters. The van der Waals surface area contributed by atoms with E-state index in [1.54, 1.807) is 21.8 Å². The third kappa shape index (κ3) is 3.34. The van der Waals surface area contributed by atoms with E-state index in [-0.39, 0.29) is 16.8 Å². The summed E-state index contributed by atoms with van der Waals surface area (Å²) in [5.41, 5.74) is 0.737. The summed E-state index contributed by atoms with van der Waals surface area (Å²) < 4.78 is 1.66. The summed E-state index contributed by atoms with van der Waals surface area (Å²) in [7, 11) is 1.81. The summed E-state index contributed by atoms with van der Waals surface area (Å²) in [5.74, 6) is 0.0226. The number of rotatable bonds is 4. The molecule has 0 saturated carbocycles. The maximum absolute atomic E-state index is 12.6. The van der Waals surface area contributed by atoms with Gasteiger partial charge >= 0.3 is 0 Å². The van der Waals surface area contributed by atoms with Gasteiger partial charge in [-0.3, -0.25) is 19.6 Å². The normalized spacial score (nSPS) is 18.2. The molecule has 120 valence electrons. The molecule has 0 N–H and O–H groups in total. The van der Waals surface area contributed by atoms with Crippen molar-refractivity contribution < 1.29 is 9.72 Å². The number of carbonyl (C=O) groups is 1. The molecule has 0 bridgehead atoms. The van der Waals surface area contributed by atoms with Gasteiger partial charge in [0.25, 0.3) is 5.69 Å². The lowest BCUT2D eigenvalue weighted by Gasteiger charge is -2.30. The first-order valence-electron chi connectivity index (χ1n) is 7.12. The van der Waals surface area contributed by atoms with Crippen LogP contribution < -0.4 is 4.90 Å². The lowest BCUT2D eigenvalue weighted by Crippen LogP contribution is -2.42. The Morgan fingerprint density at radius 3 is 2.83 bits per heavy atom. The van der Waals surface area contributed by atoms with Crippen molar-refractivity contribution >= 4 is 29.0 Å². The number of hydrogen-bond acceptors (Lipinski definition) is 6. The quantitative estimate of drug-likeness (QED) is 0.627. The lowest BCUT2D eigenvalue weighted by molar-refractivity contribution is -0.385. The monoisotopic (exact) mass is 333 g/mol. The molecule has 3 rings (SSSR count). The molecule has 2 aromatic heterocycles. The fraction of sp³-hybridized carbons (Fsp3) is 0.357. The fourth-order valence-corrected chi connectivity index (χ4v) is 3.52. The predicted molar refractivity (Wildman–Crippen MR) is 85.3 cm³/mol. The largest absolute Gasteiger partial charge is 0.309 e. The van der Waals surface area contributed by atoms with Gasteiger partial charge in [0, 0.05) is 25.9 Å². The number of nitro groups is 1. The van der Waals surface area contributed by atoms with Crippen LogP contribution in [0.3, 0.4) is 0 Å². The molecule has 8 nitrogen and oxygen atoms in total. The highest BCUT2D eigenvalue weighted by Gasteiger charge is 2.31. The van der Waals surface area contributed by atoms with Crippen molar-refractivity contribution in [2.24, 2.45) is 7.05 Å². The van der Waals surface area contributed by atoms with Gasteiger partial charge < -0.3 is 4.90 Å². The van der Waals surface area contributed by atoms with E-state index < -0.39 is 4.92 Å². The predicted octanol–water partition coefficient (Wildman–Crippen LogP) is 2.01. The minimum Gasteiger partial charge on any atom is -0.309 e. The average molecular weight is 333 g/mol. The van der Waals surface area contributed by atoms with Crippen LogP contribution in [0.25, 0.3) is 0 Å². The summed E-state index contributed by atoms with van der Waals surface area (Å²) in [6.45, 7) is 0.676. The fourth-order valence-electron chi connectivity index (χ4n) is 2.45. The van der Waals surface area contributed by atoms with E-state index in [1.165, 1.54) is 24.0 Å². The molecule has 1 aliphatic heterocycles. The van der Waals surface area contributed by atoms with Crippen molar-refractivity contribution in [3.05, 3.63) is 40.8 Å². The number of nitrogens with zero attached hydrogens (tertiary/aromatic N) is 5. The van der Waals surface area contributed by atoms with Gasteiger partial charge in [0.15, 0.2) is 0 Å². The standard InChI is InChI=1S/C14H15N5O3S/c1-17-9-11(8-16-17)18-6-2-3-12(14(18)20)23-13-5-4-10(7-15-13)19(21)22/h4-5,7-9,12H,2-3,6H2,1H3/t12-/m0/s1. The molecule has 1 fully saturated rings. The molecule has 0 aromatic carbocycles. The summed E-state index contributed by atoms with van der Waals surface area (Å²) >= 11 is 1.35. The third-order valence-electron chi connectivity index (χ3n) is 3.59. The third-order valence-corrected chi connectivity index (χ3v) is 4.79. The Kier molecular flexibility index (Phi) is 4.28. The molecule has 3 heterocycles. The molecule has 1 amide bonds. The minimum atomic E-state index is -0.489. The van der Waals surface area contributed by atoms with E-state index in [0.717, 1.165) is 18.5 Å². The van der Waals surface area contributed by atoms with Crippen LogP contribution in [0.15, 0.2) is 35.7 Å². The Morgan fingerprint density at radius 1 is 1.39 bits per heavy atom. The van der Waals surface area contributed by atoms with Crippen LogP contribution in [0.5, 0.6) is 0 Å². The smallest absolute Gasteiger partial charge is 0.287 e. The number of amides is 1. The first kappa shape index (κ1) is 15.5. The molecule has 0 aliphatic carbocycles. The molecule has 0 spiro atoms. The van der Waals surface area contributed by atoms with Gasteiger partial charge in [-0.05, 0) is 18.9 Å². The highest BCUT2D eigenvalue weighted by molar-refractivity contribution is 8.00. The summed E-state index contributed by atoms with van der Waals surface area (Å²) in [5, 5.41) is 15.1. The topological polar surface area (TPSA) is 94.2 Å². The number of aromatic nitrogens is 3. The van der Waals surface area contributed by atoms with Crippen molar-refractivity contribution in [3.63, 3.8) is 0 Å². The van der Waals surface area contributed by atoms with E-state index in [0.29, 0.717) is 11.6 Å². The Hall–Kier alpha value is -2.42. The summed E-state index contributed by atoms with van der Waals surface area (Å²) in [6, 6.07) is 2.99. The van der Waals surface area contributed by atoms with Crippen LogP contribution in [0.2, 0.25) is 0 Å². The number of pyridine rings is 1. The second-order valence-electron chi connectivity index (χ2n) is 5.22. The van der Waals surface area contributed by atoms with Crippen LogP contribution in [0, 0.1) is 10.1 Å². The van der Waals surface area contributed by atoms with Crippen molar-refractivity contribution in [2.45, 2.75) is 23.1 Å². The van der Waals surface area contributed by atoms with Crippen molar-refractivity contribution in [2.75, 3.05) is 11.4 Å². The number of thioether (sulfide) groups is 1.